The molecule has 1 unspecified atom stereocenters. The predicted molar refractivity (Wildman–Crippen MR) is 83.9 cm³/mol. The van der Waals surface area contributed by atoms with Crippen molar-refractivity contribution in [3.63, 3.8) is 0 Å². The molecular formula is C14H12BrFIN. The number of hydrogen-bond donors (Lipinski definition) is 1. The standard InChI is InChI=1S/C14H12BrFIN/c15-12-6-5-10(16)7-9(12)8-14(18)11-3-1-2-4-13(11)17/h1-7,14H,8,18H2. The zero-order valence-electron chi connectivity index (χ0n) is 9.54. The van der Waals surface area contributed by atoms with Crippen LogP contribution in [0.3, 0.4) is 0 Å². The van der Waals surface area contributed by atoms with Crippen LogP contribution in [0, 0.1) is 9.39 Å². The molecule has 2 N–H and O–H groups in total. The van der Waals surface area contributed by atoms with Gasteiger partial charge >= 0.3 is 0 Å². The second-order valence-corrected chi connectivity index (χ2v) is 6.08. The van der Waals surface area contributed by atoms with E-state index in [1.54, 1.807) is 6.07 Å². The van der Waals surface area contributed by atoms with E-state index in [4.69, 9.17) is 5.73 Å². The molecule has 1 nitrogen and oxygen atoms in total. The lowest BCUT2D eigenvalue weighted by Crippen LogP contribution is -2.15. The highest BCUT2D eigenvalue weighted by atomic mass is 127. The van der Waals surface area contributed by atoms with E-state index < -0.39 is 0 Å². The largest absolute Gasteiger partial charge is 0.324 e. The molecule has 2 rings (SSSR count). The average Bonchev–Trinajstić information content (AvgIpc) is 2.34. The summed E-state index contributed by atoms with van der Waals surface area (Å²) < 4.78 is 15.2. The molecule has 0 aromatic heterocycles. The summed E-state index contributed by atoms with van der Waals surface area (Å²) in [6.45, 7) is 0. The van der Waals surface area contributed by atoms with E-state index in [0.717, 1.165) is 19.2 Å². The van der Waals surface area contributed by atoms with Gasteiger partial charge < -0.3 is 5.73 Å². The summed E-state index contributed by atoms with van der Waals surface area (Å²) in [5.41, 5.74) is 8.18. The Morgan fingerprint density at radius 1 is 1.22 bits per heavy atom. The van der Waals surface area contributed by atoms with Crippen molar-refractivity contribution in [2.24, 2.45) is 5.73 Å². The minimum absolute atomic E-state index is 0.129. The minimum Gasteiger partial charge on any atom is -0.324 e. The van der Waals surface area contributed by atoms with E-state index in [2.05, 4.69) is 38.5 Å². The van der Waals surface area contributed by atoms with E-state index in [0.29, 0.717) is 6.42 Å². The maximum absolute atomic E-state index is 13.2. The van der Waals surface area contributed by atoms with Crippen LogP contribution in [-0.4, -0.2) is 0 Å². The fourth-order valence-electron chi connectivity index (χ4n) is 1.82. The molecule has 4 heteroatoms. The number of rotatable bonds is 3. The first-order valence-corrected chi connectivity index (χ1v) is 7.39. The first kappa shape index (κ1) is 14.0. The van der Waals surface area contributed by atoms with Gasteiger partial charge in [0.2, 0.25) is 0 Å². The Bertz CT molecular complexity index is 559. The SMILES string of the molecule is NC(Cc1cc(F)ccc1Br)c1ccccc1I. The molecule has 2 aromatic carbocycles. The molecule has 0 saturated carbocycles. The van der Waals surface area contributed by atoms with Gasteiger partial charge in [-0.1, -0.05) is 34.1 Å². The summed E-state index contributed by atoms with van der Waals surface area (Å²) in [4.78, 5) is 0. The van der Waals surface area contributed by atoms with E-state index in [9.17, 15) is 4.39 Å². The summed E-state index contributed by atoms with van der Waals surface area (Å²) >= 11 is 5.69. The van der Waals surface area contributed by atoms with Gasteiger partial charge in [0.15, 0.2) is 0 Å². The summed E-state index contributed by atoms with van der Waals surface area (Å²) in [5.74, 6) is -0.233. The summed E-state index contributed by atoms with van der Waals surface area (Å²) in [6.07, 6.45) is 0.609. The lowest BCUT2D eigenvalue weighted by molar-refractivity contribution is 0.621. The van der Waals surface area contributed by atoms with Crippen molar-refractivity contribution in [2.45, 2.75) is 12.5 Å². The van der Waals surface area contributed by atoms with Crippen molar-refractivity contribution in [3.8, 4) is 0 Å². The molecule has 0 spiro atoms. The Morgan fingerprint density at radius 3 is 2.67 bits per heavy atom. The fourth-order valence-corrected chi connectivity index (χ4v) is 3.02. The van der Waals surface area contributed by atoms with E-state index in [-0.39, 0.29) is 11.9 Å². The Morgan fingerprint density at radius 2 is 1.94 bits per heavy atom. The van der Waals surface area contributed by atoms with Crippen molar-refractivity contribution in [3.05, 3.63) is 67.5 Å². The molecule has 0 saturated heterocycles. The zero-order valence-corrected chi connectivity index (χ0v) is 13.3. The Labute approximate surface area is 128 Å². The van der Waals surface area contributed by atoms with Gasteiger partial charge in [-0.15, -0.1) is 0 Å². The first-order chi connectivity index (χ1) is 8.58. The summed E-state index contributed by atoms with van der Waals surface area (Å²) in [5, 5.41) is 0. The molecule has 2 aromatic rings. The molecule has 0 amide bonds. The highest BCUT2D eigenvalue weighted by Gasteiger charge is 2.12. The van der Waals surface area contributed by atoms with Crippen molar-refractivity contribution < 1.29 is 4.39 Å². The smallest absolute Gasteiger partial charge is 0.123 e. The van der Waals surface area contributed by atoms with Crippen LogP contribution in [0.4, 0.5) is 4.39 Å². The number of nitrogens with two attached hydrogens (primary N) is 1. The molecule has 0 aliphatic heterocycles. The highest BCUT2D eigenvalue weighted by Crippen LogP contribution is 2.25. The lowest BCUT2D eigenvalue weighted by atomic mass is 10.00. The molecule has 0 fully saturated rings. The monoisotopic (exact) mass is 419 g/mol. The normalized spacial score (nSPS) is 12.4. The van der Waals surface area contributed by atoms with Gasteiger partial charge in [0, 0.05) is 14.1 Å². The Kier molecular flexibility index (Phi) is 4.75. The molecule has 0 heterocycles. The van der Waals surface area contributed by atoms with Crippen LogP contribution in [0.25, 0.3) is 0 Å². The topological polar surface area (TPSA) is 26.0 Å². The Hall–Kier alpha value is -0.460. The van der Waals surface area contributed by atoms with E-state index in [1.807, 2.05) is 24.3 Å². The van der Waals surface area contributed by atoms with Gasteiger partial charge in [-0.25, -0.2) is 4.39 Å². The highest BCUT2D eigenvalue weighted by molar-refractivity contribution is 14.1. The fraction of sp³-hybridized carbons (Fsp3) is 0.143. The molecule has 18 heavy (non-hydrogen) atoms. The van der Waals surface area contributed by atoms with Crippen LogP contribution in [0.1, 0.15) is 17.2 Å². The van der Waals surface area contributed by atoms with Crippen molar-refractivity contribution in [1.29, 1.82) is 0 Å². The first-order valence-electron chi connectivity index (χ1n) is 5.52. The van der Waals surface area contributed by atoms with E-state index >= 15 is 0 Å². The van der Waals surface area contributed by atoms with Crippen molar-refractivity contribution in [2.75, 3.05) is 0 Å². The van der Waals surface area contributed by atoms with Gasteiger partial charge in [0.1, 0.15) is 5.82 Å². The molecule has 0 aliphatic rings. The maximum Gasteiger partial charge on any atom is 0.123 e. The number of hydrogen-bond acceptors (Lipinski definition) is 1. The van der Waals surface area contributed by atoms with Crippen LogP contribution >= 0.6 is 38.5 Å². The van der Waals surface area contributed by atoms with Crippen LogP contribution in [0.2, 0.25) is 0 Å². The van der Waals surface area contributed by atoms with Gasteiger partial charge in [-0.2, -0.15) is 0 Å². The summed E-state index contributed by atoms with van der Waals surface area (Å²) in [7, 11) is 0. The lowest BCUT2D eigenvalue weighted by Gasteiger charge is -2.15. The van der Waals surface area contributed by atoms with Crippen molar-refractivity contribution in [1.82, 2.24) is 0 Å². The third kappa shape index (κ3) is 3.30. The molecule has 0 bridgehead atoms. The van der Waals surface area contributed by atoms with Crippen molar-refractivity contribution >= 4 is 38.5 Å². The minimum atomic E-state index is -0.233. The molecular weight excluding hydrogens is 408 g/mol. The van der Waals surface area contributed by atoms with Crippen LogP contribution in [-0.2, 0) is 6.42 Å². The maximum atomic E-state index is 13.2. The van der Waals surface area contributed by atoms with E-state index in [1.165, 1.54) is 12.1 Å². The predicted octanol–water partition coefficient (Wildman–Crippen LogP) is 4.44. The summed E-state index contributed by atoms with van der Waals surface area (Å²) in [6, 6.07) is 12.5. The quantitative estimate of drug-likeness (QED) is 0.731. The van der Waals surface area contributed by atoms with Crippen LogP contribution in [0.5, 0.6) is 0 Å². The van der Waals surface area contributed by atoms with Crippen LogP contribution < -0.4 is 5.73 Å². The number of benzene rings is 2. The van der Waals surface area contributed by atoms with Crippen LogP contribution in [0.15, 0.2) is 46.9 Å². The van der Waals surface area contributed by atoms with Gasteiger partial charge in [-0.05, 0) is 64.4 Å². The third-order valence-corrected chi connectivity index (χ3v) is 4.51. The zero-order chi connectivity index (χ0) is 13.1. The molecule has 0 aliphatic carbocycles. The Balaban J connectivity index is 2.24. The molecule has 94 valence electrons. The van der Waals surface area contributed by atoms with Gasteiger partial charge in [-0.3, -0.25) is 0 Å². The number of halogens is 3. The third-order valence-electron chi connectivity index (χ3n) is 2.75. The molecule has 0 radical (unpaired) electrons. The molecule has 1 atom stereocenters. The van der Waals surface area contributed by atoms with Gasteiger partial charge in [0.05, 0.1) is 0 Å². The second-order valence-electron chi connectivity index (χ2n) is 4.07. The average molecular weight is 420 g/mol. The second kappa shape index (κ2) is 6.12. The van der Waals surface area contributed by atoms with Gasteiger partial charge in [0.25, 0.3) is 0 Å².